The predicted octanol–water partition coefficient (Wildman–Crippen LogP) is 11.7. The number of rotatable bonds is 4. The summed E-state index contributed by atoms with van der Waals surface area (Å²) in [5.74, 6) is 3.49. The maximum atomic E-state index is 11.0. The van der Waals surface area contributed by atoms with Crippen LogP contribution in [0.15, 0.2) is 94.8 Å². The Morgan fingerprint density at radius 1 is 0.765 bits per heavy atom. The molecule has 10 rings (SSSR count). The Balaban J connectivity index is 0.000000140. The number of phenolic OH excluding ortho intramolecular Hbond substituents is 1. The molecule has 4 bridgehead atoms. The molecular formula is C47H55MoN2O-. The molecule has 0 aliphatic heterocycles. The largest absolute Gasteiger partial charge is 0.670 e. The standard InChI is InChI=1S/C23H24O.C10H15N.C10H12.C4H4N.Mo/c1-14-12-17-8-4-6-10-19(17)21(16(14)3)22-20-11-7-5-9-18(20)13-15(2)23(22)24;11-10-4-7-1-8(5-10)3-9(2-7)6-10;1-10(2,3)9-7-5-4-6-8-9;1-2-4-5-3-1;/h5,7,9,11-13,24H,4,6,8,10H2,1-3H3;7-9H,1-6H2;1,4-8H,2-3H3;1-4H;/q;;;-1;. The van der Waals surface area contributed by atoms with Gasteiger partial charge in [-0.2, -0.15) is 12.4 Å². The topological polar surface area (TPSA) is 46.7 Å². The Bertz CT molecular complexity index is 1980. The van der Waals surface area contributed by atoms with Gasteiger partial charge in [0.2, 0.25) is 0 Å². The van der Waals surface area contributed by atoms with Crippen LogP contribution in [0.25, 0.3) is 21.9 Å². The van der Waals surface area contributed by atoms with Gasteiger partial charge in [0.1, 0.15) is 5.75 Å². The minimum atomic E-state index is -0.353. The first-order valence-electron chi connectivity index (χ1n) is 19.3. The van der Waals surface area contributed by atoms with Crippen LogP contribution in [0.1, 0.15) is 98.6 Å². The van der Waals surface area contributed by atoms with Crippen LogP contribution in [0.5, 0.6) is 5.75 Å². The molecule has 1 heterocycles. The van der Waals surface area contributed by atoms with E-state index in [-0.39, 0.29) is 23.3 Å². The van der Waals surface area contributed by atoms with Crippen LogP contribution in [0.2, 0.25) is 0 Å². The first-order valence-corrected chi connectivity index (χ1v) is 21.3. The predicted molar refractivity (Wildman–Crippen MR) is 211 cm³/mol. The van der Waals surface area contributed by atoms with Gasteiger partial charge in [-0.05, 0) is 96.7 Å². The average molecular weight is 760 g/mol. The summed E-state index contributed by atoms with van der Waals surface area (Å²) in [6.45, 7) is 11.1. The zero-order valence-electron chi connectivity index (χ0n) is 31.3. The van der Waals surface area contributed by atoms with Crippen LogP contribution in [0.3, 0.4) is 0 Å². The second-order valence-electron chi connectivity index (χ2n) is 16.6. The fourth-order valence-electron chi connectivity index (χ4n) is 9.87. The van der Waals surface area contributed by atoms with E-state index in [4.69, 9.17) is 3.50 Å². The molecule has 0 unspecified atom stereocenters. The summed E-state index contributed by atoms with van der Waals surface area (Å²) in [6, 6.07) is 27.6. The number of aryl methyl sites for hydroxylation is 3. The number of phenols is 1. The molecule has 0 spiro atoms. The fraction of sp³-hybridized carbons (Fsp3) is 0.426. The van der Waals surface area contributed by atoms with Crippen molar-refractivity contribution in [3.63, 3.8) is 0 Å². The summed E-state index contributed by atoms with van der Waals surface area (Å²) < 4.78 is 7.96. The van der Waals surface area contributed by atoms with Gasteiger partial charge in [0.05, 0.1) is 0 Å². The number of hydrogen-bond donors (Lipinski definition) is 1. The van der Waals surface area contributed by atoms with Crippen LogP contribution in [-0.2, 0) is 36.2 Å². The molecule has 5 aliphatic carbocycles. The van der Waals surface area contributed by atoms with Crippen molar-refractivity contribution >= 4 is 15.2 Å². The zero-order valence-corrected chi connectivity index (χ0v) is 33.3. The van der Waals surface area contributed by atoms with Gasteiger partial charge in [-0.25, -0.2) is 0 Å². The van der Waals surface area contributed by atoms with Gasteiger partial charge in [0, 0.05) is 5.56 Å². The zero-order chi connectivity index (χ0) is 35.6. The maximum absolute atomic E-state index is 11.0. The molecule has 0 radical (unpaired) electrons. The van der Waals surface area contributed by atoms with Gasteiger partial charge in [-0.3, -0.25) is 0 Å². The van der Waals surface area contributed by atoms with Gasteiger partial charge in [-0.15, -0.1) is 0 Å². The van der Waals surface area contributed by atoms with Crippen molar-refractivity contribution in [1.82, 2.24) is 4.98 Å². The summed E-state index contributed by atoms with van der Waals surface area (Å²) in [5, 5.41) is 13.3. The van der Waals surface area contributed by atoms with Crippen LogP contribution in [0, 0.1) is 38.5 Å². The van der Waals surface area contributed by atoms with E-state index in [9.17, 15) is 5.11 Å². The third kappa shape index (κ3) is 7.85. The smallest absolute Gasteiger partial charge is 0.126 e. The van der Waals surface area contributed by atoms with Crippen molar-refractivity contribution in [2.45, 2.75) is 110 Å². The summed E-state index contributed by atoms with van der Waals surface area (Å²) in [4.78, 5) is 3.72. The Morgan fingerprint density at radius 2 is 1.39 bits per heavy atom. The molecular weight excluding hydrogens is 704 g/mol. The molecule has 5 aliphatic rings. The Hall–Kier alpha value is -3.42. The molecule has 1 N–H and O–H groups in total. The van der Waals surface area contributed by atoms with Crippen LogP contribution in [0.4, 0.5) is 0 Å². The summed E-state index contributed by atoms with van der Waals surface area (Å²) in [5.41, 5.74) is 10.9. The minimum Gasteiger partial charge on any atom is -0.670 e. The van der Waals surface area contributed by atoms with Crippen LogP contribution in [-0.4, -0.2) is 15.0 Å². The molecule has 3 nitrogen and oxygen atoms in total. The Kier molecular flexibility index (Phi) is 10.8. The third-order valence-corrected chi connectivity index (χ3v) is 15.1. The van der Waals surface area contributed by atoms with Gasteiger partial charge >= 0.3 is 143 Å². The number of aromatic hydroxyl groups is 1. The molecule has 51 heavy (non-hydrogen) atoms. The number of hydrogen-bond acceptors (Lipinski definition) is 2. The van der Waals surface area contributed by atoms with E-state index in [2.05, 4.69) is 104 Å². The molecule has 1 aromatic heterocycles. The van der Waals surface area contributed by atoms with Crippen molar-refractivity contribution in [2.24, 2.45) is 21.2 Å². The van der Waals surface area contributed by atoms with E-state index in [1.165, 1.54) is 90.1 Å². The molecule has 5 aromatic rings. The molecule has 266 valence electrons. The molecule has 4 fully saturated rings. The molecule has 4 aromatic carbocycles. The quantitative estimate of drug-likeness (QED) is 0.186. The number of aromatic nitrogens is 1. The monoisotopic (exact) mass is 761 g/mol. The first-order chi connectivity index (χ1) is 24.6. The number of benzene rings is 4. The van der Waals surface area contributed by atoms with Crippen molar-refractivity contribution < 1.29 is 23.0 Å². The second kappa shape index (κ2) is 15.3. The van der Waals surface area contributed by atoms with Gasteiger partial charge < -0.3 is 10.1 Å². The van der Waals surface area contributed by atoms with E-state index in [0.717, 1.165) is 47.1 Å². The first kappa shape index (κ1) is 36.0. The molecule has 0 atom stereocenters. The average Bonchev–Trinajstić information content (AvgIpc) is 3.71. The van der Waals surface area contributed by atoms with E-state index in [1.54, 1.807) is 12.4 Å². The number of fused-ring (bicyclic) bond motifs is 2. The maximum Gasteiger partial charge on any atom is 0.126 e. The van der Waals surface area contributed by atoms with Crippen LogP contribution >= 0.6 is 0 Å². The summed E-state index contributed by atoms with van der Waals surface area (Å²) in [6.07, 6.45) is 17.1. The SMILES string of the molecule is CC(C)([CH]=[Mo]=[N]C12CC3CC(CC(C3)C1)C2)c1ccccc1.Cc1cc2c(c(-c3c(O)c(C)cc4ccccc34)c1C)CCCC2.c1cc[n-]c1. The Labute approximate surface area is 314 Å². The molecule has 0 saturated heterocycles. The van der Waals surface area contributed by atoms with Crippen LogP contribution < -0.4 is 4.98 Å². The van der Waals surface area contributed by atoms with E-state index >= 15 is 0 Å². The van der Waals surface area contributed by atoms with E-state index < -0.39 is 0 Å². The van der Waals surface area contributed by atoms with Crippen molar-refractivity contribution in [2.75, 3.05) is 0 Å². The number of nitrogens with zero attached hydrogens (tertiary/aromatic N) is 2. The summed E-state index contributed by atoms with van der Waals surface area (Å²) >= 11 is -0.353. The van der Waals surface area contributed by atoms with Gasteiger partial charge in [0.25, 0.3) is 0 Å². The van der Waals surface area contributed by atoms with Crippen molar-refractivity contribution in [3.05, 3.63) is 125 Å². The normalized spacial score (nSPS) is 23.0. The van der Waals surface area contributed by atoms with E-state index in [0.29, 0.717) is 11.3 Å². The fourth-order valence-corrected chi connectivity index (χ4v) is 12.1. The molecule has 0 amide bonds. The van der Waals surface area contributed by atoms with Crippen molar-refractivity contribution in [3.8, 4) is 16.9 Å². The molecule has 4 saturated carbocycles. The van der Waals surface area contributed by atoms with E-state index in [1.807, 2.05) is 19.1 Å². The van der Waals surface area contributed by atoms with Gasteiger partial charge in [-0.1, -0.05) is 42.5 Å². The Morgan fingerprint density at radius 3 is 2.04 bits per heavy atom. The third-order valence-electron chi connectivity index (χ3n) is 12.2. The second-order valence-corrected chi connectivity index (χ2v) is 18.1. The van der Waals surface area contributed by atoms with Gasteiger partial charge in [0.15, 0.2) is 0 Å². The minimum absolute atomic E-state index is 0.176. The molecule has 4 heteroatoms. The van der Waals surface area contributed by atoms with Crippen molar-refractivity contribution in [1.29, 1.82) is 0 Å². The summed E-state index contributed by atoms with van der Waals surface area (Å²) in [7, 11) is 0.